The summed E-state index contributed by atoms with van der Waals surface area (Å²) in [5, 5.41) is 1.78. The normalized spacial score (nSPS) is 11.2. The standard InChI is InChI=1S/C13H14F3NO3/c1-6(18)7-5-8(14)11(10(16)9(7)15)17-12(19)20-13(2,3)4/h5H,1-4H3,(H,17,19). The summed E-state index contributed by atoms with van der Waals surface area (Å²) >= 11 is 0. The molecule has 1 aromatic rings. The van der Waals surface area contributed by atoms with Gasteiger partial charge in [0.2, 0.25) is 0 Å². The van der Waals surface area contributed by atoms with Crippen LogP contribution in [0.2, 0.25) is 0 Å². The van der Waals surface area contributed by atoms with Gasteiger partial charge < -0.3 is 4.74 Å². The van der Waals surface area contributed by atoms with Crippen LogP contribution in [-0.2, 0) is 4.74 Å². The number of carbonyl (C=O) groups excluding carboxylic acids is 2. The van der Waals surface area contributed by atoms with Crippen LogP contribution in [0.5, 0.6) is 0 Å². The zero-order valence-electron chi connectivity index (χ0n) is 11.4. The summed E-state index contributed by atoms with van der Waals surface area (Å²) in [6.45, 7) is 5.63. The molecule has 0 bridgehead atoms. The average Bonchev–Trinajstić information content (AvgIpc) is 2.26. The number of ether oxygens (including phenoxy) is 1. The van der Waals surface area contributed by atoms with Gasteiger partial charge >= 0.3 is 6.09 Å². The van der Waals surface area contributed by atoms with Crippen LogP contribution in [0.15, 0.2) is 6.07 Å². The summed E-state index contributed by atoms with van der Waals surface area (Å²) < 4.78 is 45.6. The average molecular weight is 289 g/mol. The van der Waals surface area contributed by atoms with E-state index in [1.165, 1.54) is 0 Å². The molecule has 0 spiro atoms. The minimum Gasteiger partial charge on any atom is -0.444 e. The zero-order valence-corrected chi connectivity index (χ0v) is 11.4. The first-order valence-corrected chi connectivity index (χ1v) is 5.71. The molecule has 7 heteroatoms. The number of ketones is 1. The lowest BCUT2D eigenvalue weighted by Crippen LogP contribution is -2.28. The molecule has 0 radical (unpaired) electrons. The van der Waals surface area contributed by atoms with E-state index in [-0.39, 0.29) is 0 Å². The van der Waals surface area contributed by atoms with Gasteiger partial charge in [-0.25, -0.2) is 18.0 Å². The second kappa shape index (κ2) is 5.52. The van der Waals surface area contributed by atoms with E-state index in [0.717, 1.165) is 6.92 Å². The van der Waals surface area contributed by atoms with E-state index in [4.69, 9.17) is 4.74 Å². The van der Waals surface area contributed by atoms with Gasteiger partial charge in [0.15, 0.2) is 23.2 Å². The maximum absolute atomic E-state index is 13.6. The van der Waals surface area contributed by atoms with Crippen LogP contribution in [-0.4, -0.2) is 17.5 Å². The van der Waals surface area contributed by atoms with E-state index in [0.29, 0.717) is 6.07 Å². The fourth-order valence-electron chi connectivity index (χ4n) is 1.37. The van der Waals surface area contributed by atoms with Crippen molar-refractivity contribution in [3.05, 3.63) is 29.1 Å². The van der Waals surface area contributed by atoms with Crippen molar-refractivity contribution in [2.45, 2.75) is 33.3 Å². The highest BCUT2D eigenvalue weighted by molar-refractivity contribution is 5.95. The highest BCUT2D eigenvalue weighted by Gasteiger charge is 2.24. The summed E-state index contributed by atoms with van der Waals surface area (Å²) in [5.74, 6) is -5.27. The smallest absolute Gasteiger partial charge is 0.412 e. The lowest BCUT2D eigenvalue weighted by molar-refractivity contribution is 0.0634. The number of Topliss-reactive ketones (excluding diaryl/α,β-unsaturated/α-hetero) is 1. The third-order valence-electron chi connectivity index (χ3n) is 2.16. The third-order valence-corrected chi connectivity index (χ3v) is 2.16. The van der Waals surface area contributed by atoms with Crippen molar-refractivity contribution in [2.75, 3.05) is 5.32 Å². The number of amides is 1. The molecule has 20 heavy (non-hydrogen) atoms. The molecule has 0 atom stereocenters. The molecular weight excluding hydrogens is 275 g/mol. The summed E-state index contributed by atoms with van der Waals surface area (Å²) in [7, 11) is 0. The number of anilines is 1. The molecule has 1 aromatic carbocycles. The maximum atomic E-state index is 13.6. The predicted molar refractivity (Wildman–Crippen MR) is 66.2 cm³/mol. The topological polar surface area (TPSA) is 55.4 Å². The fourth-order valence-corrected chi connectivity index (χ4v) is 1.37. The van der Waals surface area contributed by atoms with Crippen molar-refractivity contribution in [2.24, 2.45) is 0 Å². The Morgan fingerprint density at radius 2 is 1.70 bits per heavy atom. The van der Waals surface area contributed by atoms with Crippen LogP contribution in [0, 0.1) is 17.5 Å². The third kappa shape index (κ3) is 3.72. The van der Waals surface area contributed by atoms with E-state index < -0.39 is 46.2 Å². The highest BCUT2D eigenvalue weighted by Crippen LogP contribution is 2.25. The summed E-state index contributed by atoms with van der Waals surface area (Å²) in [5.41, 5.74) is -2.61. The minimum atomic E-state index is -1.65. The van der Waals surface area contributed by atoms with Crippen LogP contribution < -0.4 is 5.32 Å². The Kier molecular flexibility index (Phi) is 4.42. The molecule has 0 aliphatic carbocycles. The predicted octanol–water partition coefficient (Wildman–Crippen LogP) is 3.65. The Hall–Kier alpha value is -2.05. The van der Waals surface area contributed by atoms with E-state index in [1.807, 2.05) is 0 Å². The second-order valence-corrected chi connectivity index (χ2v) is 5.09. The number of rotatable bonds is 2. The van der Waals surface area contributed by atoms with Gasteiger partial charge in [-0.15, -0.1) is 0 Å². The lowest BCUT2D eigenvalue weighted by atomic mass is 10.1. The van der Waals surface area contributed by atoms with Crippen LogP contribution in [0.3, 0.4) is 0 Å². The van der Waals surface area contributed by atoms with Gasteiger partial charge in [-0.3, -0.25) is 10.1 Å². The first-order chi connectivity index (χ1) is 9.03. The minimum absolute atomic E-state index is 0.521. The molecule has 0 fully saturated rings. The zero-order chi connectivity index (χ0) is 15.7. The van der Waals surface area contributed by atoms with Crippen LogP contribution >= 0.6 is 0 Å². The quantitative estimate of drug-likeness (QED) is 0.668. The SMILES string of the molecule is CC(=O)c1cc(F)c(NC(=O)OC(C)(C)C)c(F)c1F. The van der Waals surface area contributed by atoms with E-state index in [2.05, 4.69) is 0 Å². The summed E-state index contributed by atoms with van der Waals surface area (Å²) in [4.78, 5) is 22.4. The molecule has 0 saturated heterocycles. The number of hydrogen-bond donors (Lipinski definition) is 1. The molecule has 4 nitrogen and oxygen atoms in total. The Balaban J connectivity index is 3.12. The fraction of sp³-hybridized carbons (Fsp3) is 0.385. The maximum Gasteiger partial charge on any atom is 0.412 e. The van der Waals surface area contributed by atoms with E-state index >= 15 is 0 Å². The van der Waals surface area contributed by atoms with Crippen molar-refractivity contribution >= 4 is 17.6 Å². The summed E-state index contributed by atoms with van der Waals surface area (Å²) in [6.07, 6.45) is -1.13. The highest BCUT2D eigenvalue weighted by atomic mass is 19.2. The summed E-state index contributed by atoms with van der Waals surface area (Å²) in [6, 6.07) is 0.521. The molecule has 0 aliphatic rings. The molecule has 0 saturated carbocycles. The Morgan fingerprint density at radius 1 is 1.15 bits per heavy atom. The van der Waals surface area contributed by atoms with E-state index in [1.54, 1.807) is 26.1 Å². The number of hydrogen-bond acceptors (Lipinski definition) is 3. The van der Waals surface area contributed by atoms with E-state index in [9.17, 15) is 22.8 Å². The van der Waals surface area contributed by atoms with Gasteiger partial charge in [0.1, 0.15) is 11.3 Å². The van der Waals surface area contributed by atoms with Gasteiger partial charge in [-0.05, 0) is 33.8 Å². The number of benzene rings is 1. The Bertz CT molecular complexity index is 565. The largest absolute Gasteiger partial charge is 0.444 e. The first-order valence-electron chi connectivity index (χ1n) is 5.71. The van der Waals surface area contributed by atoms with Gasteiger partial charge in [0, 0.05) is 0 Å². The Labute approximate surface area is 113 Å². The van der Waals surface area contributed by atoms with Gasteiger partial charge in [0.25, 0.3) is 0 Å². The van der Waals surface area contributed by atoms with Gasteiger partial charge in [-0.1, -0.05) is 0 Å². The molecule has 0 heterocycles. The molecule has 0 unspecified atom stereocenters. The van der Waals surface area contributed by atoms with Crippen molar-refractivity contribution in [1.82, 2.24) is 0 Å². The van der Waals surface area contributed by atoms with Crippen molar-refractivity contribution in [3.8, 4) is 0 Å². The van der Waals surface area contributed by atoms with Gasteiger partial charge in [0.05, 0.1) is 5.56 Å². The Morgan fingerprint density at radius 3 is 2.15 bits per heavy atom. The van der Waals surface area contributed by atoms with Crippen LogP contribution in [0.1, 0.15) is 38.1 Å². The monoisotopic (exact) mass is 289 g/mol. The number of halogens is 3. The number of nitrogens with one attached hydrogen (secondary N) is 1. The molecule has 0 aliphatic heterocycles. The molecule has 1 rings (SSSR count). The van der Waals surface area contributed by atoms with Crippen molar-refractivity contribution < 1.29 is 27.5 Å². The molecule has 0 aromatic heterocycles. The second-order valence-electron chi connectivity index (χ2n) is 5.09. The lowest BCUT2D eigenvalue weighted by Gasteiger charge is -2.20. The number of carbonyl (C=O) groups is 2. The molecule has 1 N–H and O–H groups in total. The van der Waals surface area contributed by atoms with Crippen LogP contribution in [0.4, 0.5) is 23.7 Å². The van der Waals surface area contributed by atoms with Crippen LogP contribution in [0.25, 0.3) is 0 Å². The molecule has 1 amide bonds. The molecule has 110 valence electrons. The van der Waals surface area contributed by atoms with Gasteiger partial charge in [-0.2, -0.15) is 0 Å². The van der Waals surface area contributed by atoms with Crippen molar-refractivity contribution in [3.63, 3.8) is 0 Å². The van der Waals surface area contributed by atoms with Crippen molar-refractivity contribution in [1.29, 1.82) is 0 Å². The first kappa shape index (κ1) is 16.0. The molecular formula is C13H14F3NO3.